The van der Waals surface area contributed by atoms with Gasteiger partial charge in [-0.2, -0.15) is 0 Å². The van der Waals surface area contributed by atoms with Crippen LogP contribution in [0.15, 0.2) is 48.5 Å². The molecule has 0 N–H and O–H groups in total. The molecule has 1 saturated heterocycles. The van der Waals surface area contributed by atoms with Crippen molar-refractivity contribution in [3.8, 4) is 0 Å². The molecular weight excluding hydrogens is 300 g/mol. The van der Waals surface area contributed by atoms with E-state index in [1.54, 1.807) is 23.1 Å². The number of rotatable bonds is 3. The van der Waals surface area contributed by atoms with E-state index in [1.165, 1.54) is 17.8 Å². The van der Waals surface area contributed by atoms with Crippen molar-refractivity contribution in [2.75, 3.05) is 10.7 Å². The summed E-state index contributed by atoms with van der Waals surface area (Å²) in [7, 11) is 0. The minimum absolute atomic E-state index is 0.0306. The van der Waals surface area contributed by atoms with Gasteiger partial charge >= 0.3 is 0 Å². The molecule has 1 aliphatic rings. The first-order valence-corrected chi connectivity index (χ1v) is 7.86. The molecule has 0 radical (unpaired) electrons. The molecule has 1 unspecified atom stereocenters. The zero-order valence-electron chi connectivity index (χ0n) is 11.9. The van der Waals surface area contributed by atoms with Gasteiger partial charge in [0.1, 0.15) is 5.37 Å². The summed E-state index contributed by atoms with van der Waals surface area (Å²) in [6.07, 6.45) is 0. The number of nitro benzene ring substituents is 1. The summed E-state index contributed by atoms with van der Waals surface area (Å²) < 4.78 is 0. The number of carbonyl (C=O) groups excluding carboxylic acids is 1. The third-order valence-electron chi connectivity index (χ3n) is 3.58. The predicted molar refractivity (Wildman–Crippen MR) is 87.0 cm³/mol. The SMILES string of the molecule is Cc1ccc(N2C(=O)CSC2c2ccccc2[N+](=O)[O-])cc1. The number of anilines is 1. The molecule has 112 valence electrons. The fraction of sp³-hybridized carbons (Fsp3) is 0.188. The summed E-state index contributed by atoms with van der Waals surface area (Å²) in [6.45, 7) is 1.98. The van der Waals surface area contributed by atoms with Gasteiger partial charge in [0.2, 0.25) is 5.91 Å². The minimum atomic E-state index is -0.397. The number of benzene rings is 2. The maximum Gasteiger partial charge on any atom is 0.275 e. The van der Waals surface area contributed by atoms with E-state index in [4.69, 9.17) is 0 Å². The van der Waals surface area contributed by atoms with E-state index in [0.717, 1.165) is 11.3 Å². The van der Waals surface area contributed by atoms with Crippen LogP contribution in [0, 0.1) is 17.0 Å². The largest absolute Gasteiger partial charge is 0.295 e. The summed E-state index contributed by atoms with van der Waals surface area (Å²) in [5.41, 5.74) is 2.48. The molecule has 5 nitrogen and oxygen atoms in total. The summed E-state index contributed by atoms with van der Waals surface area (Å²) in [4.78, 5) is 24.7. The van der Waals surface area contributed by atoms with Gasteiger partial charge in [-0.05, 0) is 25.1 Å². The molecule has 1 aliphatic heterocycles. The Morgan fingerprint density at radius 3 is 2.55 bits per heavy atom. The van der Waals surface area contributed by atoms with Crippen LogP contribution in [0.25, 0.3) is 0 Å². The van der Waals surface area contributed by atoms with Gasteiger partial charge in [-0.1, -0.05) is 29.8 Å². The maximum absolute atomic E-state index is 12.3. The Morgan fingerprint density at radius 2 is 1.86 bits per heavy atom. The minimum Gasteiger partial charge on any atom is -0.295 e. The second-order valence-electron chi connectivity index (χ2n) is 5.08. The van der Waals surface area contributed by atoms with Crippen molar-refractivity contribution < 1.29 is 9.72 Å². The molecule has 3 rings (SSSR count). The van der Waals surface area contributed by atoms with Crippen LogP contribution < -0.4 is 4.90 Å². The van der Waals surface area contributed by atoms with Crippen LogP contribution >= 0.6 is 11.8 Å². The zero-order chi connectivity index (χ0) is 15.7. The zero-order valence-corrected chi connectivity index (χ0v) is 12.7. The van der Waals surface area contributed by atoms with Crippen molar-refractivity contribution >= 4 is 29.0 Å². The first-order valence-electron chi connectivity index (χ1n) is 6.81. The van der Waals surface area contributed by atoms with E-state index in [0.29, 0.717) is 11.3 Å². The summed E-state index contributed by atoms with van der Waals surface area (Å²) in [5.74, 6) is 0.293. The fourth-order valence-corrected chi connectivity index (χ4v) is 3.71. The van der Waals surface area contributed by atoms with E-state index in [1.807, 2.05) is 31.2 Å². The molecule has 6 heteroatoms. The van der Waals surface area contributed by atoms with Gasteiger partial charge in [0, 0.05) is 11.8 Å². The molecule has 1 heterocycles. The molecule has 1 atom stereocenters. The lowest BCUT2D eigenvalue weighted by Gasteiger charge is -2.24. The lowest BCUT2D eigenvalue weighted by molar-refractivity contribution is -0.385. The molecule has 0 saturated carbocycles. The molecule has 0 aromatic heterocycles. The Hall–Kier alpha value is -2.34. The molecule has 0 aliphatic carbocycles. The Balaban J connectivity index is 2.05. The number of hydrogen-bond acceptors (Lipinski definition) is 4. The summed E-state index contributed by atoms with van der Waals surface area (Å²) in [6, 6.07) is 14.2. The van der Waals surface area contributed by atoms with Crippen molar-refractivity contribution in [2.24, 2.45) is 0 Å². The highest BCUT2D eigenvalue weighted by Crippen LogP contribution is 2.44. The first-order chi connectivity index (χ1) is 10.6. The van der Waals surface area contributed by atoms with Gasteiger partial charge in [0.25, 0.3) is 5.69 Å². The van der Waals surface area contributed by atoms with Crippen molar-refractivity contribution in [3.05, 3.63) is 69.8 Å². The molecule has 2 aromatic carbocycles. The lowest BCUT2D eigenvalue weighted by Crippen LogP contribution is -2.28. The van der Waals surface area contributed by atoms with Gasteiger partial charge in [-0.3, -0.25) is 19.8 Å². The van der Waals surface area contributed by atoms with Crippen LogP contribution in [0.1, 0.15) is 16.5 Å². The molecule has 0 spiro atoms. The number of para-hydroxylation sites is 1. The van der Waals surface area contributed by atoms with E-state index in [-0.39, 0.29) is 17.0 Å². The highest BCUT2D eigenvalue weighted by molar-refractivity contribution is 8.00. The monoisotopic (exact) mass is 314 g/mol. The predicted octanol–water partition coefficient (Wildman–Crippen LogP) is 3.68. The second kappa shape index (κ2) is 5.81. The smallest absolute Gasteiger partial charge is 0.275 e. The van der Waals surface area contributed by atoms with Crippen LogP contribution in [0.2, 0.25) is 0 Å². The molecule has 1 fully saturated rings. The first kappa shape index (κ1) is 14.6. The third-order valence-corrected chi connectivity index (χ3v) is 4.77. The number of amides is 1. The second-order valence-corrected chi connectivity index (χ2v) is 6.15. The molecule has 0 bridgehead atoms. The highest BCUT2D eigenvalue weighted by atomic mass is 32.2. The highest BCUT2D eigenvalue weighted by Gasteiger charge is 2.37. The van der Waals surface area contributed by atoms with Crippen LogP contribution in [0.3, 0.4) is 0 Å². The van der Waals surface area contributed by atoms with E-state index in [9.17, 15) is 14.9 Å². The maximum atomic E-state index is 12.3. The van der Waals surface area contributed by atoms with Gasteiger partial charge in [0.05, 0.1) is 16.2 Å². The van der Waals surface area contributed by atoms with Crippen LogP contribution in [0.5, 0.6) is 0 Å². The molecule has 22 heavy (non-hydrogen) atoms. The van der Waals surface area contributed by atoms with Crippen molar-refractivity contribution in [1.29, 1.82) is 0 Å². The van der Waals surface area contributed by atoms with Gasteiger partial charge in [-0.15, -0.1) is 11.8 Å². The molecule has 1 amide bonds. The average molecular weight is 314 g/mol. The topological polar surface area (TPSA) is 63.5 Å². The van der Waals surface area contributed by atoms with Gasteiger partial charge in [0.15, 0.2) is 0 Å². The Bertz CT molecular complexity index is 730. The molecule has 2 aromatic rings. The van der Waals surface area contributed by atoms with Gasteiger partial charge in [-0.25, -0.2) is 0 Å². The van der Waals surface area contributed by atoms with Crippen molar-refractivity contribution in [2.45, 2.75) is 12.3 Å². The van der Waals surface area contributed by atoms with Crippen LogP contribution in [0.4, 0.5) is 11.4 Å². The van der Waals surface area contributed by atoms with Crippen molar-refractivity contribution in [1.82, 2.24) is 0 Å². The fourth-order valence-electron chi connectivity index (χ4n) is 2.50. The standard InChI is InChI=1S/C16H14N2O3S/c1-11-6-8-12(9-7-11)17-15(19)10-22-16(17)13-4-2-3-5-14(13)18(20)21/h2-9,16H,10H2,1H3. The quantitative estimate of drug-likeness (QED) is 0.640. The van der Waals surface area contributed by atoms with E-state index < -0.39 is 4.92 Å². The lowest BCUT2D eigenvalue weighted by atomic mass is 10.1. The number of thioether (sulfide) groups is 1. The number of carbonyl (C=O) groups is 1. The Labute approximate surface area is 132 Å². The third kappa shape index (κ3) is 2.57. The van der Waals surface area contributed by atoms with Crippen molar-refractivity contribution in [3.63, 3.8) is 0 Å². The average Bonchev–Trinajstić information content (AvgIpc) is 2.90. The van der Waals surface area contributed by atoms with E-state index in [2.05, 4.69) is 0 Å². The summed E-state index contributed by atoms with van der Waals surface area (Å²) >= 11 is 1.41. The van der Waals surface area contributed by atoms with E-state index >= 15 is 0 Å². The van der Waals surface area contributed by atoms with Gasteiger partial charge < -0.3 is 0 Å². The Morgan fingerprint density at radius 1 is 1.18 bits per heavy atom. The number of hydrogen-bond donors (Lipinski definition) is 0. The van der Waals surface area contributed by atoms with Crippen LogP contribution in [-0.2, 0) is 4.79 Å². The Kier molecular flexibility index (Phi) is 3.85. The molecular formula is C16H14N2O3S. The number of nitro groups is 1. The summed E-state index contributed by atoms with van der Waals surface area (Å²) in [5, 5.41) is 10.9. The normalized spacial score (nSPS) is 17.8. The van der Waals surface area contributed by atoms with Crippen LogP contribution in [-0.4, -0.2) is 16.6 Å². The number of nitrogens with zero attached hydrogens (tertiary/aromatic N) is 2. The number of aryl methyl sites for hydroxylation is 1.